The van der Waals surface area contributed by atoms with Crippen LogP contribution in [0.5, 0.6) is 11.5 Å². The van der Waals surface area contributed by atoms with E-state index in [2.05, 4.69) is 15.5 Å². The maximum Gasteiger partial charge on any atom is 0.257 e. The van der Waals surface area contributed by atoms with Gasteiger partial charge in [0.1, 0.15) is 0 Å². The standard InChI is InChI=1S/C19H24N4O5/c1-12-21-16(28-22-12)11-20-18(24)13-7-9-23(10-8-13)19(25)14-5-4-6-15(26-2)17(14)27-3/h4-6,13H,7-11H2,1-3H3,(H,20,24). The Hall–Kier alpha value is -3.10. The number of piperidine rings is 1. The summed E-state index contributed by atoms with van der Waals surface area (Å²) in [7, 11) is 3.04. The van der Waals surface area contributed by atoms with E-state index in [0.29, 0.717) is 54.7 Å². The number of rotatable bonds is 6. The quantitative estimate of drug-likeness (QED) is 0.800. The van der Waals surface area contributed by atoms with Gasteiger partial charge in [0, 0.05) is 19.0 Å². The molecule has 1 fully saturated rings. The molecule has 1 aliphatic heterocycles. The summed E-state index contributed by atoms with van der Waals surface area (Å²) in [4.78, 5) is 31.1. The Morgan fingerprint density at radius 2 is 2.00 bits per heavy atom. The lowest BCUT2D eigenvalue weighted by atomic mass is 9.95. The second-order valence-corrected chi connectivity index (χ2v) is 6.56. The first kappa shape index (κ1) is 19.7. The summed E-state index contributed by atoms with van der Waals surface area (Å²) in [6.07, 6.45) is 1.18. The van der Waals surface area contributed by atoms with Crippen molar-refractivity contribution in [2.75, 3.05) is 27.3 Å². The highest BCUT2D eigenvalue weighted by molar-refractivity contribution is 5.98. The van der Waals surface area contributed by atoms with Crippen molar-refractivity contribution in [3.05, 3.63) is 35.5 Å². The Bertz CT molecular complexity index is 843. The number of likely N-dealkylation sites (tertiary alicyclic amines) is 1. The Balaban J connectivity index is 1.56. The second kappa shape index (κ2) is 8.73. The molecule has 150 valence electrons. The van der Waals surface area contributed by atoms with E-state index in [-0.39, 0.29) is 24.3 Å². The highest BCUT2D eigenvalue weighted by Gasteiger charge is 2.29. The molecule has 9 nitrogen and oxygen atoms in total. The van der Waals surface area contributed by atoms with Crippen LogP contribution in [0.15, 0.2) is 22.7 Å². The zero-order valence-electron chi connectivity index (χ0n) is 16.2. The fourth-order valence-corrected chi connectivity index (χ4v) is 3.29. The molecule has 1 aromatic carbocycles. The molecule has 0 atom stereocenters. The normalized spacial score (nSPS) is 14.6. The molecular weight excluding hydrogens is 364 g/mol. The Morgan fingerprint density at radius 1 is 1.25 bits per heavy atom. The van der Waals surface area contributed by atoms with Crippen molar-refractivity contribution in [2.45, 2.75) is 26.3 Å². The van der Waals surface area contributed by atoms with Gasteiger partial charge in [0.2, 0.25) is 11.8 Å². The molecule has 0 radical (unpaired) electrons. The van der Waals surface area contributed by atoms with Crippen LogP contribution in [0.4, 0.5) is 0 Å². The van der Waals surface area contributed by atoms with E-state index >= 15 is 0 Å². The highest BCUT2D eigenvalue weighted by atomic mass is 16.5. The average Bonchev–Trinajstić information content (AvgIpc) is 3.16. The number of ether oxygens (including phenoxy) is 2. The molecule has 1 aliphatic rings. The van der Waals surface area contributed by atoms with Gasteiger partial charge in [-0.05, 0) is 31.9 Å². The minimum Gasteiger partial charge on any atom is -0.493 e. The van der Waals surface area contributed by atoms with E-state index in [1.165, 1.54) is 14.2 Å². The predicted molar refractivity (Wildman–Crippen MR) is 99.1 cm³/mol. The van der Waals surface area contributed by atoms with Crippen molar-refractivity contribution in [3.63, 3.8) is 0 Å². The van der Waals surface area contributed by atoms with Gasteiger partial charge >= 0.3 is 0 Å². The number of benzene rings is 1. The maximum absolute atomic E-state index is 12.9. The number of amides is 2. The number of hydrogen-bond acceptors (Lipinski definition) is 7. The topological polar surface area (TPSA) is 107 Å². The first-order chi connectivity index (χ1) is 13.5. The Morgan fingerprint density at radius 3 is 2.61 bits per heavy atom. The van der Waals surface area contributed by atoms with Crippen molar-refractivity contribution in [3.8, 4) is 11.5 Å². The molecule has 28 heavy (non-hydrogen) atoms. The summed E-state index contributed by atoms with van der Waals surface area (Å²) in [5, 5.41) is 6.51. The van der Waals surface area contributed by atoms with Crippen molar-refractivity contribution in [2.24, 2.45) is 5.92 Å². The van der Waals surface area contributed by atoms with Gasteiger partial charge in [0.05, 0.1) is 26.3 Å². The first-order valence-electron chi connectivity index (χ1n) is 9.10. The van der Waals surface area contributed by atoms with Gasteiger partial charge in [-0.25, -0.2) is 0 Å². The molecule has 0 aliphatic carbocycles. The fraction of sp³-hybridized carbons (Fsp3) is 0.474. The third-order valence-electron chi connectivity index (χ3n) is 4.77. The van der Waals surface area contributed by atoms with Crippen LogP contribution in [0.2, 0.25) is 0 Å². The zero-order chi connectivity index (χ0) is 20.1. The number of nitrogens with zero attached hydrogens (tertiary/aromatic N) is 3. The van der Waals surface area contributed by atoms with Gasteiger partial charge in [0.25, 0.3) is 5.91 Å². The van der Waals surface area contributed by atoms with E-state index in [0.717, 1.165) is 0 Å². The third-order valence-corrected chi connectivity index (χ3v) is 4.77. The van der Waals surface area contributed by atoms with E-state index in [9.17, 15) is 9.59 Å². The SMILES string of the molecule is COc1cccc(C(=O)N2CCC(C(=O)NCc3nc(C)no3)CC2)c1OC. The minimum absolute atomic E-state index is 0.0677. The summed E-state index contributed by atoms with van der Waals surface area (Å²) in [6.45, 7) is 2.92. The summed E-state index contributed by atoms with van der Waals surface area (Å²) < 4.78 is 15.6. The van der Waals surface area contributed by atoms with Crippen LogP contribution in [0.1, 0.15) is 34.9 Å². The number of carbonyl (C=O) groups excluding carboxylic acids is 2. The number of nitrogens with one attached hydrogen (secondary N) is 1. The number of carbonyl (C=O) groups is 2. The molecule has 0 spiro atoms. The number of hydrogen-bond donors (Lipinski definition) is 1. The van der Waals surface area contributed by atoms with E-state index in [1.807, 2.05) is 0 Å². The molecule has 3 rings (SSSR count). The lowest BCUT2D eigenvalue weighted by Crippen LogP contribution is -2.43. The molecule has 0 bridgehead atoms. The molecule has 0 unspecified atom stereocenters. The second-order valence-electron chi connectivity index (χ2n) is 6.56. The van der Waals surface area contributed by atoms with Gasteiger partial charge in [-0.2, -0.15) is 4.98 Å². The molecule has 1 saturated heterocycles. The minimum atomic E-state index is -0.153. The van der Waals surface area contributed by atoms with E-state index in [1.54, 1.807) is 30.0 Å². The predicted octanol–water partition coefficient (Wildman–Crippen LogP) is 1.56. The third kappa shape index (κ3) is 4.24. The van der Waals surface area contributed by atoms with Crippen LogP contribution < -0.4 is 14.8 Å². The van der Waals surface area contributed by atoms with Crippen LogP contribution in [0, 0.1) is 12.8 Å². The molecular formula is C19H24N4O5. The number of methoxy groups -OCH3 is 2. The van der Waals surface area contributed by atoms with Crippen molar-refractivity contribution >= 4 is 11.8 Å². The number of aryl methyl sites for hydroxylation is 1. The molecule has 2 heterocycles. The fourth-order valence-electron chi connectivity index (χ4n) is 3.29. The Labute approximate surface area is 163 Å². The van der Waals surface area contributed by atoms with Crippen molar-refractivity contribution < 1.29 is 23.6 Å². The zero-order valence-corrected chi connectivity index (χ0v) is 16.2. The largest absolute Gasteiger partial charge is 0.493 e. The van der Waals surface area contributed by atoms with Crippen LogP contribution in [0.25, 0.3) is 0 Å². The molecule has 1 aromatic heterocycles. The molecule has 2 aromatic rings. The van der Waals surface area contributed by atoms with Gasteiger partial charge in [0.15, 0.2) is 17.3 Å². The lowest BCUT2D eigenvalue weighted by Gasteiger charge is -2.31. The molecule has 9 heteroatoms. The van der Waals surface area contributed by atoms with Crippen molar-refractivity contribution in [1.29, 1.82) is 0 Å². The lowest BCUT2D eigenvalue weighted by molar-refractivity contribution is -0.126. The first-order valence-corrected chi connectivity index (χ1v) is 9.10. The average molecular weight is 388 g/mol. The van der Waals surface area contributed by atoms with Gasteiger partial charge < -0.3 is 24.2 Å². The summed E-state index contributed by atoms with van der Waals surface area (Å²) in [5.41, 5.74) is 0.455. The van der Waals surface area contributed by atoms with Crippen LogP contribution >= 0.6 is 0 Å². The van der Waals surface area contributed by atoms with Crippen LogP contribution in [-0.2, 0) is 11.3 Å². The van der Waals surface area contributed by atoms with E-state index in [4.69, 9.17) is 14.0 Å². The Kier molecular flexibility index (Phi) is 6.13. The van der Waals surface area contributed by atoms with Gasteiger partial charge in [-0.15, -0.1) is 0 Å². The van der Waals surface area contributed by atoms with Crippen molar-refractivity contribution in [1.82, 2.24) is 20.4 Å². The summed E-state index contributed by atoms with van der Waals surface area (Å²) in [5.74, 6) is 1.49. The molecule has 1 N–H and O–H groups in total. The van der Waals surface area contributed by atoms with Gasteiger partial charge in [-0.3, -0.25) is 9.59 Å². The number of para-hydroxylation sites is 1. The highest BCUT2D eigenvalue weighted by Crippen LogP contribution is 2.32. The monoisotopic (exact) mass is 388 g/mol. The smallest absolute Gasteiger partial charge is 0.257 e. The van der Waals surface area contributed by atoms with E-state index < -0.39 is 0 Å². The molecule has 2 amide bonds. The van der Waals surface area contributed by atoms with Crippen LogP contribution in [-0.4, -0.2) is 54.2 Å². The maximum atomic E-state index is 12.9. The van der Waals surface area contributed by atoms with Gasteiger partial charge in [-0.1, -0.05) is 11.2 Å². The summed E-state index contributed by atoms with van der Waals surface area (Å²) in [6, 6.07) is 5.22. The molecule has 0 saturated carbocycles. The summed E-state index contributed by atoms with van der Waals surface area (Å²) >= 11 is 0. The number of aromatic nitrogens is 2. The van der Waals surface area contributed by atoms with Crippen LogP contribution in [0.3, 0.4) is 0 Å².